The van der Waals surface area contributed by atoms with E-state index in [0.29, 0.717) is 12.0 Å². The van der Waals surface area contributed by atoms with E-state index in [0.717, 1.165) is 6.54 Å². The third kappa shape index (κ3) is 3.65. The lowest BCUT2D eigenvalue weighted by atomic mass is 9.86. The van der Waals surface area contributed by atoms with Gasteiger partial charge >= 0.3 is 0 Å². The van der Waals surface area contributed by atoms with Crippen LogP contribution in [0.5, 0.6) is 0 Å². The maximum atomic E-state index is 5.51. The van der Waals surface area contributed by atoms with Crippen LogP contribution in [0.3, 0.4) is 0 Å². The third-order valence-corrected chi connectivity index (χ3v) is 2.91. The molecule has 0 amide bonds. The Morgan fingerprint density at radius 1 is 1.31 bits per heavy atom. The van der Waals surface area contributed by atoms with Crippen LogP contribution in [0.25, 0.3) is 0 Å². The first-order chi connectivity index (χ1) is 5.99. The van der Waals surface area contributed by atoms with Crippen molar-refractivity contribution in [1.82, 2.24) is 5.32 Å². The molecule has 13 heavy (non-hydrogen) atoms. The molecule has 0 fully saturated rings. The lowest BCUT2D eigenvalue weighted by molar-refractivity contribution is -0.0255. The van der Waals surface area contributed by atoms with Gasteiger partial charge in [-0.05, 0) is 26.3 Å². The Kier molecular flexibility index (Phi) is 5.57. The molecule has 1 N–H and O–H groups in total. The van der Waals surface area contributed by atoms with Crippen LogP contribution >= 0.6 is 0 Å². The minimum atomic E-state index is -0.0779. The van der Waals surface area contributed by atoms with Crippen molar-refractivity contribution in [3.63, 3.8) is 0 Å². The number of rotatable bonds is 6. The van der Waals surface area contributed by atoms with E-state index in [-0.39, 0.29) is 5.60 Å². The molecular formula is C11H25NO. The summed E-state index contributed by atoms with van der Waals surface area (Å²) in [7, 11) is 1.78. The maximum absolute atomic E-state index is 5.51. The van der Waals surface area contributed by atoms with Crippen molar-refractivity contribution in [2.24, 2.45) is 5.92 Å². The van der Waals surface area contributed by atoms with Gasteiger partial charge in [-0.2, -0.15) is 0 Å². The zero-order valence-corrected chi connectivity index (χ0v) is 9.98. The Morgan fingerprint density at radius 3 is 2.15 bits per heavy atom. The predicted octanol–water partition coefficient (Wildman–Crippen LogP) is 2.44. The van der Waals surface area contributed by atoms with Crippen molar-refractivity contribution < 1.29 is 4.74 Å². The van der Waals surface area contributed by atoms with Gasteiger partial charge in [-0.3, -0.25) is 0 Å². The maximum Gasteiger partial charge on any atom is 0.0777 e. The second kappa shape index (κ2) is 5.61. The molecule has 2 atom stereocenters. The molecule has 0 aliphatic carbocycles. The van der Waals surface area contributed by atoms with Gasteiger partial charge in [-0.1, -0.05) is 27.2 Å². The number of ether oxygens (including phenoxy) is 1. The highest BCUT2D eigenvalue weighted by molar-refractivity contribution is 4.88. The Balaban J connectivity index is 4.39. The highest BCUT2D eigenvalue weighted by Gasteiger charge is 2.31. The molecule has 0 rings (SSSR count). The van der Waals surface area contributed by atoms with Crippen LogP contribution in [-0.2, 0) is 4.74 Å². The quantitative estimate of drug-likeness (QED) is 0.689. The van der Waals surface area contributed by atoms with Crippen molar-refractivity contribution in [3.05, 3.63) is 0 Å². The fourth-order valence-corrected chi connectivity index (χ4v) is 1.71. The largest absolute Gasteiger partial charge is 0.377 e. The van der Waals surface area contributed by atoms with Gasteiger partial charge in [0, 0.05) is 13.2 Å². The average Bonchev–Trinajstić information content (AvgIpc) is 2.12. The summed E-state index contributed by atoms with van der Waals surface area (Å²) in [6.07, 6.45) is 1.18. The molecule has 80 valence electrons. The fourth-order valence-electron chi connectivity index (χ4n) is 1.71. The minimum absolute atomic E-state index is 0.0779. The molecule has 0 saturated heterocycles. The second-order valence-electron chi connectivity index (χ2n) is 4.23. The van der Waals surface area contributed by atoms with E-state index in [4.69, 9.17) is 4.74 Å². The van der Waals surface area contributed by atoms with Crippen LogP contribution in [0.4, 0.5) is 0 Å². The molecule has 0 spiro atoms. The fraction of sp³-hybridized carbons (Fsp3) is 1.00. The molecule has 0 aromatic carbocycles. The number of nitrogens with one attached hydrogen (secondary N) is 1. The summed E-state index contributed by atoms with van der Waals surface area (Å²) >= 11 is 0. The van der Waals surface area contributed by atoms with Crippen molar-refractivity contribution in [2.75, 3.05) is 13.7 Å². The van der Waals surface area contributed by atoms with E-state index >= 15 is 0 Å². The Hall–Kier alpha value is -0.0800. The van der Waals surface area contributed by atoms with E-state index in [9.17, 15) is 0 Å². The highest BCUT2D eigenvalue weighted by Crippen LogP contribution is 2.22. The van der Waals surface area contributed by atoms with Crippen LogP contribution in [-0.4, -0.2) is 25.3 Å². The molecule has 2 unspecified atom stereocenters. The van der Waals surface area contributed by atoms with Gasteiger partial charge in [-0.15, -0.1) is 0 Å². The Bertz CT molecular complexity index is 134. The predicted molar refractivity (Wildman–Crippen MR) is 58.0 cm³/mol. The van der Waals surface area contributed by atoms with Crippen LogP contribution in [0, 0.1) is 5.92 Å². The molecule has 0 aromatic heterocycles. The Morgan fingerprint density at radius 2 is 1.85 bits per heavy atom. The summed E-state index contributed by atoms with van der Waals surface area (Å²) in [5, 5.41) is 3.50. The van der Waals surface area contributed by atoms with Gasteiger partial charge in [0.1, 0.15) is 0 Å². The standard InChI is InChI=1S/C11H25NO/c1-7-9(3)10(12-8-2)11(4,5)13-6/h9-10,12H,7-8H2,1-6H3. The van der Waals surface area contributed by atoms with Crippen molar-refractivity contribution >= 4 is 0 Å². The normalized spacial score (nSPS) is 17.1. The van der Waals surface area contributed by atoms with Crippen LogP contribution in [0.2, 0.25) is 0 Å². The first kappa shape index (κ1) is 12.9. The zero-order chi connectivity index (χ0) is 10.5. The monoisotopic (exact) mass is 187 g/mol. The van der Waals surface area contributed by atoms with Crippen molar-refractivity contribution in [2.45, 2.75) is 52.7 Å². The summed E-state index contributed by atoms with van der Waals surface area (Å²) in [5.74, 6) is 0.648. The van der Waals surface area contributed by atoms with Gasteiger partial charge in [0.25, 0.3) is 0 Å². The third-order valence-electron chi connectivity index (χ3n) is 2.91. The van der Waals surface area contributed by atoms with Gasteiger partial charge in [0.05, 0.1) is 5.60 Å². The molecule has 0 aromatic rings. The molecular weight excluding hydrogens is 162 g/mol. The molecule has 0 heterocycles. The van der Waals surface area contributed by atoms with Crippen molar-refractivity contribution in [3.8, 4) is 0 Å². The molecule has 0 radical (unpaired) electrons. The molecule has 0 saturated carbocycles. The van der Waals surface area contributed by atoms with Gasteiger partial charge < -0.3 is 10.1 Å². The summed E-state index contributed by atoms with van der Waals surface area (Å²) in [6.45, 7) is 11.9. The number of likely N-dealkylation sites (N-methyl/N-ethyl adjacent to an activating group) is 1. The van der Waals surface area contributed by atoms with E-state index < -0.39 is 0 Å². The smallest absolute Gasteiger partial charge is 0.0777 e. The van der Waals surface area contributed by atoms with Gasteiger partial charge in [0.15, 0.2) is 0 Å². The topological polar surface area (TPSA) is 21.3 Å². The first-order valence-electron chi connectivity index (χ1n) is 5.28. The van der Waals surface area contributed by atoms with E-state index in [2.05, 4.69) is 39.9 Å². The lowest BCUT2D eigenvalue weighted by Gasteiger charge is -2.37. The van der Waals surface area contributed by atoms with Crippen LogP contribution in [0.1, 0.15) is 41.0 Å². The number of hydrogen-bond donors (Lipinski definition) is 1. The SMILES string of the molecule is CCNC(C(C)CC)C(C)(C)OC. The highest BCUT2D eigenvalue weighted by atomic mass is 16.5. The molecule has 2 heteroatoms. The summed E-state index contributed by atoms with van der Waals surface area (Å²) < 4.78 is 5.51. The number of hydrogen-bond acceptors (Lipinski definition) is 2. The second-order valence-corrected chi connectivity index (χ2v) is 4.23. The zero-order valence-electron chi connectivity index (χ0n) is 9.98. The molecule has 0 bridgehead atoms. The summed E-state index contributed by atoms with van der Waals surface area (Å²) in [5.41, 5.74) is -0.0779. The van der Waals surface area contributed by atoms with E-state index in [1.54, 1.807) is 7.11 Å². The first-order valence-corrected chi connectivity index (χ1v) is 5.28. The lowest BCUT2D eigenvalue weighted by Crippen LogP contribution is -2.51. The van der Waals surface area contributed by atoms with Crippen molar-refractivity contribution in [1.29, 1.82) is 0 Å². The summed E-state index contributed by atoms with van der Waals surface area (Å²) in [6, 6.07) is 0.437. The molecule has 0 aliphatic heterocycles. The molecule has 2 nitrogen and oxygen atoms in total. The Labute approximate surface area is 83.1 Å². The van der Waals surface area contributed by atoms with Gasteiger partial charge in [0.2, 0.25) is 0 Å². The average molecular weight is 187 g/mol. The van der Waals surface area contributed by atoms with Crippen LogP contribution in [0.15, 0.2) is 0 Å². The van der Waals surface area contributed by atoms with Crippen LogP contribution < -0.4 is 5.32 Å². The summed E-state index contributed by atoms with van der Waals surface area (Å²) in [4.78, 5) is 0. The van der Waals surface area contributed by atoms with E-state index in [1.807, 2.05) is 0 Å². The molecule has 0 aliphatic rings. The van der Waals surface area contributed by atoms with Gasteiger partial charge in [-0.25, -0.2) is 0 Å². The minimum Gasteiger partial charge on any atom is -0.377 e. The number of methoxy groups -OCH3 is 1. The van der Waals surface area contributed by atoms with E-state index in [1.165, 1.54) is 6.42 Å².